The summed E-state index contributed by atoms with van der Waals surface area (Å²) in [6.07, 6.45) is 1.84. The first kappa shape index (κ1) is 19.0. The third-order valence-electron chi connectivity index (χ3n) is 5.15. The summed E-state index contributed by atoms with van der Waals surface area (Å²) in [5, 5.41) is 16.3. The number of methoxy groups -OCH3 is 1. The van der Waals surface area contributed by atoms with Gasteiger partial charge in [0, 0.05) is 35.3 Å². The average Bonchev–Trinajstić information content (AvgIpc) is 3.17. The van der Waals surface area contributed by atoms with E-state index in [1.54, 1.807) is 19.2 Å². The minimum Gasteiger partial charge on any atom is -0.495 e. The number of fused-ring (bicyclic) bond motifs is 1. The minimum atomic E-state index is 0.129. The zero-order valence-corrected chi connectivity index (χ0v) is 16.9. The van der Waals surface area contributed by atoms with Gasteiger partial charge in [-0.05, 0) is 36.6 Å². The zero-order chi connectivity index (χ0) is 20.4. The number of nitrogens with zero attached hydrogens (tertiary/aromatic N) is 3. The molecule has 0 saturated heterocycles. The van der Waals surface area contributed by atoms with Gasteiger partial charge < -0.3 is 15.4 Å². The number of halogens is 1. The van der Waals surface area contributed by atoms with Crippen molar-refractivity contribution in [3.63, 3.8) is 0 Å². The minimum absolute atomic E-state index is 0.129. The molecule has 1 aliphatic rings. The summed E-state index contributed by atoms with van der Waals surface area (Å²) in [5.74, 6) is 1.93. The Hall–Kier alpha value is -3.30. The summed E-state index contributed by atoms with van der Waals surface area (Å²) in [6, 6.07) is 15.3. The summed E-state index contributed by atoms with van der Waals surface area (Å²) >= 11 is 6.46. The maximum atomic E-state index is 9.17. The van der Waals surface area contributed by atoms with Crippen LogP contribution in [0.25, 0.3) is 0 Å². The van der Waals surface area contributed by atoms with E-state index in [1.165, 1.54) is 0 Å². The van der Waals surface area contributed by atoms with Crippen LogP contribution >= 0.6 is 11.6 Å². The van der Waals surface area contributed by atoms with Gasteiger partial charge in [0.05, 0.1) is 18.4 Å². The van der Waals surface area contributed by atoms with Gasteiger partial charge >= 0.3 is 0 Å². The molecule has 0 radical (unpaired) electrons. The number of anilines is 3. The molecule has 2 N–H and O–H groups in total. The van der Waals surface area contributed by atoms with Gasteiger partial charge in [0.1, 0.15) is 17.6 Å². The Bertz CT molecular complexity index is 1110. The molecule has 0 amide bonds. The van der Waals surface area contributed by atoms with Crippen LogP contribution in [0, 0.1) is 11.3 Å². The lowest BCUT2D eigenvalue weighted by Crippen LogP contribution is -2.08. The van der Waals surface area contributed by atoms with Crippen LogP contribution in [0.15, 0.2) is 42.5 Å². The summed E-state index contributed by atoms with van der Waals surface area (Å²) in [5.41, 5.74) is 4.42. The molecule has 1 aliphatic carbocycles. The van der Waals surface area contributed by atoms with Crippen LogP contribution in [-0.2, 0) is 6.42 Å². The van der Waals surface area contributed by atoms with Gasteiger partial charge in [-0.25, -0.2) is 4.98 Å². The Morgan fingerprint density at radius 2 is 2.03 bits per heavy atom. The number of hydrogen-bond donors (Lipinski definition) is 2. The Labute approximate surface area is 174 Å². The van der Waals surface area contributed by atoms with Crippen molar-refractivity contribution in [2.24, 2.45) is 0 Å². The van der Waals surface area contributed by atoms with Gasteiger partial charge in [0.25, 0.3) is 0 Å². The van der Waals surface area contributed by atoms with Crippen LogP contribution in [0.3, 0.4) is 0 Å². The quantitative estimate of drug-likeness (QED) is 0.629. The monoisotopic (exact) mass is 405 g/mol. The maximum absolute atomic E-state index is 9.17. The first-order valence-corrected chi connectivity index (χ1v) is 9.70. The molecular formula is C22H20ClN5O. The summed E-state index contributed by atoms with van der Waals surface area (Å²) in [7, 11) is 3.40. The summed E-state index contributed by atoms with van der Waals surface area (Å²) in [6.45, 7) is 0. The Morgan fingerprint density at radius 1 is 1.21 bits per heavy atom. The van der Waals surface area contributed by atoms with Crippen molar-refractivity contribution in [3.05, 3.63) is 69.9 Å². The van der Waals surface area contributed by atoms with Crippen LogP contribution in [0.1, 0.15) is 34.7 Å². The van der Waals surface area contributed by atoms with E-state index in [1.807, 2.05) is 31.3 Å². The smallest absolute Gasteiger partial charge is 0.229 e. The van der Waals surface area contributed by atoms with Gasteiger partial charge in [-0.15, -0.1) is 0 Å². The highest BCUT2D eigenvalue weighted by Gasteiger charge is 2.30. The standard InChI is InChI=1S/C22H20ClN5O/c1-25-21-17-10-9-16(15-5-3-4-6-18(15)23)20(17)27-22(28-21)26-14-8-7-13(12-24)19(11-14)29-2/h3-8,11,16H,9-10H2,1-2H3,(H2,25,26,27,28)/t16-/m0/s1. The summed E-state index contributed by atoms with van der Waals surface area (Å²) in [4.78, 5) is 9.46. The van der Waals surface area contributed by atoms with E-state index >= 15 is 0 Å². The average molecular weight is 406 g/mol. The SMILES string of the molecule is CNc1nc(Nc2ccc(C#N)c(OC)c2)nc2c1CC[C@H]2c1ccccc1Cl. The molecule has 1 heterocycles. The molecule has 6 nitrogen and oxygen atoms in total. The molecular weight excluding hydrogens is 386 g/mol. The molecule has 1 atom stereocenters. The van der Waals surface area contributed by atoms with E-state index in [0.717, 1.165) is 46.2 Å². The number of aromatic nitrogens is 2. The fraction of sp³-hybridized carbons (Fsp3) is 0.227. The van der Waals surface area contributed by atoms with Gasteiger partial charge in [-0.1, -0.05) is 29.8 Å². The molecule has 0 saturated carbocycles. The second kappa shape index (κ2) is 7.98. The fourth-order valence-corrected chi connectivity index (χ4v) is 4.04. The molecule has 2 aromatic carbocycles. The van der Waals surface area contributed by atoms with Crippen LogP contribution in [0.5, 0.6) is 5.75 Å². The van der Waals surface area contributed by atoms with Gasteiger partial charge in [0.2, 0.25) is 5.95 Å². The van der Waals surface area contributed by atoms with Gasteiger partial charge in [-0.2, -0.15) is 10.2 Å². The highest BCUT2D eigenvalue weighted by molar-refractivity contribution is 6.31. The second-order valence-corrected chi connectivity index (χ2v) is 7.18. The Morgan fingerprint density at radius 3 is 2.76 bits per heavy atom. The van der Waals surface area contributed by atoms with Gasteiger partial charge in [0.15, 0.2) is 0 Å². The molecule has 29 heavy (non-hydrogen) atoms. The van der Waals surface area contributed by atoms with Crippen molar-refractivity contribution in [2.45, 2.75) is 18.8 Å². The molecule has 0 unspecified atom stereocenters. The van der Waals surface area contributed by atoms with Crippen LogP contribution in [0.2, 0.25) is 5.02 Å². The predicted molar refractivity (Wildman–Crippen MR) is 114 cm³/mol. The van der Waals surface area contributed by atoms with E-state index in [9.17, 15) is 0 Å². The lowest BCUT2D eigenvalue weighted by Gasteiger charge is -2.16. The van der Waals surface area contributed by atoms with Crippen molar-refractivity contribution < 1.29 is 4.74 Å². The number of rotatable bonds is 5. The normalized spacial score (nSPS) is 14.8. The van der Waals surface area contributed by atoms with Crippen LogP contribution in [-0.4, -0.2) is 24.1 Å². The Kier molecular flexibility index (Phi) is 5.24. The largest absolute Gasteiger partial charge is 0.495 e. The first-order valence-electron chi connectivity index (χ1n) is 9.32. The maximum Gasteiger partial charge on any atom is 0.229 e. The highest BCUT2D eigenvalue weighted by atomic mass is 35.5. The molecule has 1 aromatic heterocycles. The third-order valence-corrected chi connectivity index (χ3v) is 5.49. The topological polar surface area (TPSA) is 82.9 Å². The van der Waals surface area contributed by atoms with E-state index in [0.29, 0.717) is 17.3 Å². The van der Waals surface area contributed by atoms with Crippen molar-refractivity contribution in [3.8, 4) is 11.8 Å². The number of ether oxygens (including phenoxy) is 1. The number of nitriles is 1. The lowest BCUT2D eigenvalue weighted by molar-refractivity contribution is 0.413. The molecule has 3 aromatic rings. The second-order valence-electron chi connectivity index (χ2n) is 6.77. The molecule has 4 rings (SSSR count). The van der Waals surface area contributed by atoms with E-state index in [-0.39, 0.29) is 5.92 Å². The molecule has 0 aliphatic heterocycles. The third kappa shape index (κ3) is 3.57. The van der Waals surface area contributed by atoms with Crippen molar-refractivity contribution in [1.29, 1.82) is 5.26 Å². The van der Waals surface area contributed by atoms with Crippen molar-refractivity contribution in [1.82, 2.24) is 9.97 Å². The molecule has 0 fully saturated rings. The number of hydrogen-bond acceptors (Lipinski definition) is 6. The fourth-order valence-electron chi connectivity index (χ4n) is 3.77. The van der Waals surface area contributed by atoms with Crippen LogP contribution in [0.4, 0.5) is 17.5 Å². The van der Waals surface area contributed by atoms with E-state index < -0.39 is 0 Å². The number of nitrogens with one attached hydrogen (secondary N) is 2. The highest BCUT2D eigenvalue weighted by Crippen LogP contribution is 2.42. The molecule has 0 spiro atoms. The van der Waals surface area contributed by atoms with Gasteiger partial charge in [-0.3, -0.25) is 0 Å². The zero-order valence-electron chi connectivity index (χ0n) is 16.2. The molecule has 0 bridgehead atoms. The predicted octanol–water partition coefficient (Wildman–Crippen LogP) is 4.87. The first-order chi connectivity index (χ1) is 14.1. The summed E-state index contributed by atoms with van der Waals surface area (Å²) < 4.78 is 5.29. The molecule has 7 heteroatoms. The Balaban J connectivity index is 1.73. The van der Waals surface area contributed by atoms with Crippen LogP contribution < -0.4 is 15.4 Å². The van der Waals surface area contributed by atoms with Crippen molar-refractivity contribution in [2.75, 3.05) is 24.8 Å². The van der Waals surface area contributed by atoms with E-state index in [2.05, 4.69) is 27.8 Å². The molecule has 146 valence electrons. The lowest BCUT2D eigenvalue weighted by atomic mass is 9.96. The van der Waals surface area contributed by atoms with E-state index in [4.69, 9.17) is 26.6 Å². The van der Waals surface area contributed by atoms with Crippen molar-refractivity contribution >= 4 is 29.1 Å². The number of benzene rings is 2.